The van der Waals surface area contributed by atoms with Gasteiger partial charge in [0, 0.05) is 116 Å². The van der Waals surface area contributed by atoms with Crippen LogP contribution in [-0.4, -0.2) is 161 Å². The lowest BCUT2D eigenvalue weighted by Crippen LogP contribution is -2.61. The Morgan fingerprint density at radius 3 is 1.21 bits per heavy atom. The minimum Gasteiger partial charge on any atom is -0.480 e. The van der Waals surface area contributed by atoms with Gasteiger partial charge in [-0.2, -0.15) is 43.7 Å². The Bertz CT molecular complexity index is 2180. The first-order valence-corrected chi connectivity index (χ1v) is 23.6. The summed E-state index contributed by atoms with van der Waals surface area (Å²) in [4.78, 5) is 28.5. The molecule has 4 aliphatic rings. The predicted octanol–water partition coefficient (Wildman–Crippen LogP) is 5.27. The van der Waals surface area contributed by atoms with Gasteiger partial charge in [-0.05, 0) is 69.3 Å². The summed E-state index contributed by atoms with van der Waals surface area (Å²) in [5.74, 6) is -3.03. The van der Waals surface area contributed by atoms with Crippen LogP contribution in [0.5, 0.6) is 11.5 Å². The zero-order valence-electron chi connectivity index (χ0n) is 36.2. The van der Waals surface area contributed by atoms with Gasteiger partial charge in [0.15, 0.2) is 9.49 Å². The normalized spacial score (nSPS) is 20.3. The standard InChI is InChI=1S/C22H30F4N2O6S.C18H22F4N2O6S/c1-20(2,3)34-19(29)21(8-14-32-15-9-21)35(30,31)28-12-10-27(11-13-28)16-4-6-17(7-5-16)33-22(25,26)18(23)24;19-15(20)18(21,22)30-14-3-1-13(2-4-14)23-7-9-24(10-8-23)31(27,28)17(16(25)26)5-11-29-12-6-17/h4-7,18H,8-15H2,1-3H3;1-4,15H,5-12H2,(H,25,26). The van der Waals surface area contributed by atoms with Crippen LogP contribution in [0.4, 0.5) is 46.5 Å². The minimum atomic E-state index is -4.61. The molecule has 0 unspecified atom stereocenters. The van der Waals surface area contributed by atoms with Gasteiger partial charge in [0.2, 0.25) is 20.0 Å². The van der Waals surface area contributed by atoms with Gasteiger partial charge >= 0.3 is 37.0 Å². The third-order valence-electron chi connectivity index (χ3n) is 11.3. The van der Waals surface area contributed by atoms with E-state index in [4.69, 9.17) is 14.2 Å². The average Bonchev–Trinajstić information content (AvgIpc) is 3.26. The van der Waals surface area contributed by atoms with E-state index in [-0.39, 0.29) is 104 Å². The number of benzene rings is 2. The number of hydrogen-bond acceptors (Lipinski definition) is 13. The van der Waals surface area contributed by atoms with Gasteiger partial charge in [0.05, 0.1) is 0 Å². The van der Waals surface area contributed by atoms with E-state index < -0.39 is 83.6 Å². The molecular weight excluding hydrogens is 945 g/mol. The van der Waals surface area contributed by atoms with Gasteiger partial charge in [-0.25, -0.2) is 16.8 Å². The highest BCUT2D eigenvalue weighted by Crippen LogP contribution is 2.38. The van der Waals surface area contributed by atoms with Crippen LogP contribution in [0.15, 0.2) is 48.5 Å². The Morgan fingerprint density at radius 1 is 0.591 bits per heavy atom. The van der Waals surface area contributed by atoms with Crippen molar-refractivity contribution in [1.29, 1.82) is 0 Å². The third kappa shape index (κ3) is 11.7. The van der Waals surface area contributed by atoms with Crippen molar-refractivity contribution < 1.29 is 90.3 Å². The number of sulfonamides is 2. The first-order chi connectivity index (χ1) is 30.7. The SMILES string of the molecule is CC(C)(C)OC(=O)C1(S(=O)(=O)N2CCN(c3ccc(OC(F)(F)C(F)F)cc3)CC2)CCOCC1.O=C(O)C1(S(=O)(=O)N2CCN(c3ccc(OC(F)(F)C(F)F)cc3)CC2)CCOCC1. The number of esters is 1. The van der Waals surface area contributed by atoms with Crippen molar-refractivity contribution in [2.24, 2.45) is 0 Å². The number of carboxylic acids is 1. The highest BCUT2D eigenvalue weighted by molar-refractivity contribution is 7.91. The number of rotatable bonds is 14. The molecule has 372 valence electrons. The molecule has 2 aromatic carbocycles. The molecule has 0 aromatic heterocycles. The van der Waals surface area contributed by atoms with Crippen LogP contribution < -0.4 is 19.3 Å². The largest absolute Gasteiger partial charge is 0.480 e. The molecule has 1 N–H and O–H groups in total. The number of ether oxygens (including phenoxy) is 5. The quantitative estimate of drug-likeness (QED) is 0.191. The minimum absolute atomic E-state index is 0.00479. The van der Waals surface area contributed by atoms with Gasteiger partial charge in [0.1, 0.15) is 17.1 Å². The maximum atomic E-state index is 13.7. The summed E-state index contributed by atoms with van der Waals surface area (Å²) in [6, 6.07) is 10.2. The van der Waals surface area contributed by atoms with E-state index in [1.165, 1.54) is 28.6 Å². The van der Waals surface area contributed by atoms with Crippen molar-refractivity contribution in [3.8, 4) is 11.5 Å². The van der Waals surface area contributed by atoms with Gasteiger partial charge in [0.25, 0.3) is 0 Å². The fourth-order valence-corrected chi connectivity index (χ4v) is 11.8. The summed E-state index contributed by atoms with van der Waals surface area (Å²) in [5, 5.41) is 9.64. The number of piperazine rings is 2. The topological polar surface area (TPSA) is 182 Å². The molecule has 6 rings (SSSR count). The molecule has 4 heterocycles. The first-order valence-electron chi connectivity index (χ1n) is 20.7. The van der Waals surface area contributed by atoms with Crippen LogP contribution in [0.1, 0.15) is 46.5 Å². The Kier molecular flexibility index (Phi) is 16.4. The number of carbonyl (C=O) groups excluding carboxylic acids is 1. The Morgan fingerprint density at radius 2 is 0.909 bits per heavy atom. The van der Waals surface area contributed by atoms with E-state index >= 15 is 0 Å². The summed E-state index contributed by atoms with van der Waals surface area (Å²) in [6.45, 7) is 6.64. The molecule has 16 nitrogen and oxygen atoms in total. The monoisotopic (exact) mass is 996 g/mol. The molecule has 0 amide bonds. The molecular formula is C40H52F8N4O12S2. The molecule has 4 aliphatic heterocycles. The fourth-order valence-electron chi connectivity index (χ4n) is 7.64. The molecule has 0 saturated carbocycles. The number of halogens is 8. The van der Waals surface area contributed by atoms with Crippen LogP contribution in [0.25, 0.3) is 0 Å². The van der Waals surface area contributed by atoms with Crippen molar-refractivity contribution >= 4 is 43.4 Å². The number of hydrogen-bond donors (Lipinski definition) is 1. The third-order valence-corrected chi connectivity index (χ3v) is 16.5. The second-order valence-corrected chi connectivity index (χ2v) is 21.2. The van der Waals surface area contributed by atoms with Crippen molar-refractivity contribution in [2.75, 3.05) is 88.6 Å². The Balaban J connectivity index is 0.000000249. The van der Waals surface area contributed by atoms with E-state index in [0.29, 0.717) is 11.4 Å². The van der Waals surface area contributed by atoms with Gasteiger partial charge < -0.3 is 38.6 Å². The molecule has 0 spiro atoms. The maximum absolute atomic E-state index is 13.7. The highest BCUT2D eigenvalue weighted by atomic mass is 32.2. The number of carboxylic acid groups (broad SMARTS) is 1. The summed E-state index contributed by atoms with van der Waals surface area (Å²) in [7, 11) is -8.22. The fraction of sp³-hybridized carbons (Fsp3) is 0.650. The zero-order valence-corrected chi connectivity index (χ0v) is 37.8. The molecule has 0 aliphatic carbocycles. The average molecular weight is 997 g/mol. The van der Waals surface area contributed by atoms with Gasteiger partial charge in [-0.3, -0.25) is 9.59 Å². The van der Waals surface area contributed by atoms with Crippen molar-refractivity contribution in [1.82, 2.24) is 8.61 Å². The predicted molar refractivity (Wildman–Crippen MR) is 221 cm³/mol. The lowest BCUT2D eigenvalue weighted by atomic mass is 9.99. The maximum Gasteiger partial charge on any atom is 0.461 e. The Labute approximate surface area is 376 Å². The van der Waals surface area contributed by atoms with Gasteiger partial charge in [-0.15, -0.1) is 0 Å². The summed E-state index contributed by atoms with van der Waals surface area (Å²) in [6.07, 6.45) is -17.4. The van der Waals surface area contributed by atoms with Crippen LogP contribution in [0.2, 0.25) is 0 Å². The van der Waals surface area contributed by atoms with E-state index in [1.807, 2.05) is 4.90 Å². The van der Waals surface area contributed by atoms with Crippen molar-refractivity contribution in [2.45, 2.75) is 86.6 Å². The molecule has 0 radical (unpaired) electrons. The van der Waals surface area contributed by atoms with E-state index in [9.17, 15) is 66.7 Å². The van der Waals surface area contributed by atoms with E-state index in [0.717, 1.165) is 28.6 Å². The van der Waals surface area contributed by atoms with Crippen molar-refractivity contribution in [3.63, 3.8) is 0 Å². The van der Waals surface area contributed by atoms with Crippen LogP contribution in [-0.2, 0) is 43.8 Å². The summed E-state index contributed by atoms with van der Waals surface area (Å²) < 4.78 is 178. The number of nitrogens with zero attached hydrogens (tertiary/aromatic N) is 4. The molecule has 2 aromatic rings. The summed E-state index contributed by atoms with van der Waals surface area (Å²) in [5.41, 5.74) is 0.289. The smallest absolute Gasteiger partial charge is 0.461 e. The Hall–Kier alpha value is -4.24. The van der Waals surface area contributed by atoms with E-state index in [2.05, 4.69) is 9.47 Å². The second-order valence-electron chi connectivity index (χ2n) is 16.7. The lowest BCUT2D eigenvalue weighted by Gasteiger charge is -2.42. The second kappa shape index (κ2) is 20.5. The number of alkyl halides is 8. The molecule has 4 saturated heterocycles. The number of aliphatic carboxylic acids is 1. The number of anilines is 2. The lowest BCUT2D eigenvalue weighted by molar-refractivity contribution is -0.253. The zero-order chi connectivity index (χ0) is 48.9. The molecule has 26 heteroatoms. The van der Waals surface area contributed by atoms with E-state index in [1.54, 1.807) is 25.7 Å². The van der Waals surface area contributed by atoms with Crippen LogP contribution >= 0.6 is 0 Å². The molecule has 0 bridgehead atoms. The van der Waals surface area contributed by atoms with Crippen LogP contribution in [0, 0.1) is 0 Å². The molecule has 4 fully saturated rings. The first kappa shape index (κ1) is 52.7. The number of carbonyl (C=O) groups is 2. The molecule has 66 heavy (non-hydrogen) atoms. The van der Waals surface area contributed by atoms with Crippen molar-refractivity contribution in [3.05, 3.63) is 48.5 Å². The highest BCUT2D eigenvalue weighted by Gasteiger charge is 2.57. The molecule has 0 atom stereocenters. The summed E-state index contributed by atoms with van der Waals surface area (Å²) >= 11 is 0. The van der Waals surface area contributed by atoms with Gasteiger partial charge in [-0.1, -0.05) is 0 Å². The van der Waals surface area contributed by atoms with Crippen LogP contribution in [0.3, 0.4) is 0 Å².